The lowest BCUT2D eigenvalue weighted by molar-refractivity contribution is -0.228. The number of hydrogen-bond acceptors (Lipinski definition) is 5. The van der Waals surface area contributed by atoms with Crippen LogP contribution in [0.1, 0.15) is 65.2 Å². The van der Waals surface area contributed by atoms with Gasteiger partial charge in [0.2, 0.25) is 5.88 Å². The van der Waals surface area contributed by atoms with Gasteiger partial charge in [-0.05, 0) is 81.5 Å². The molecule has 196 valence electrons. The van der Waals surface area contributed by atoms with Crippen molar-refractivity contribution in [1.29, 1.82) is 0 Å². The van der Waals surface area contributed by atoms with E-state index in [1.165, 1.54) is 4.68 Å². The number of ketones is 1. The fourth-order valence-corrected chi connectivity index (χ4v) is 8.56. The van der Waals surface area contributed by atoms with Crippen molar-refractivity contribution in [1.82, 2.24) is 9.78 Å². The number of nitrogens with zero attached hydrogens (tertiary/aromatic N) is 2. The van der Waals surface area contributed by atoms with Gasteiger partial charge >= 0.3 is 0 Å². The number of Topliss-reactive ketones (excluding diaryl/α,β-unsaturated/α-hetero) is 1. The molecule has 1 aromatic rings. The zero-order chi connectivity index (χ0) is 25.0. The number of rotatable bonds is 7. The summed E-state index contributed by atoms with van der Waals surface area (Å²) in [4.78, 5) is 13.4. The average molecular weight is 495 g/mol. The zero-order valence-corrected chi connectivity index (χ0v) is 21.2. The molecule has 4 saturated carbocycles. The number of fused-ring (bicyclic) bond motifs is 5. The maximum absolute atomic E-state index is 16.1. The van der Waals surface area contributed by atoms with Gasteiger partial charge in [0.1, 0.15) is 6.61 Å². The van der Waals surface area contributed by atoms with Gasteiger partial charge < -0.3 is 14.6 Å². The molecule has 4 aliphatic carbocycles. The van der Waals surface area contributed by atoms with Crippen LogP contribution < -0.4 is 4.74 Å². The molecule has 4 aliphatic rings. The van der Waals surface area contributed by atoms with Crippen molar-refractivity contribution < 1.29 is 28.2 Å². The van der Waals surface area contributed by atoms with Crippen LogP contribution in [0.15, 0.2) is 12.3 Å². The fourth-order valence-electron chi connectivity index (χ4n) is 8.56. The van der Waals surface area contributed by atoms with Crippen molar-refractivity contribution in [3.05, 3.63) is 12.3 Å². The number of carbonyl (C=O) groups excluding carboxylic acids is 1. The first-order valence-electron chi connectivity index (χ1n) is 13.3. The van der Waals surface area contributed by atoms with E-state index in [1.54, 1.807) is 26.3 Å². The molecule has 0 saturated heterocycles. The molecule has 1 heterocycles. The Morgan fingerprint density at radius 2 is 1.91 bits per heavy atom. The summed E-state index contributed by atoms with van der Waals surface area (Å²) < 4.78 is 44.1. The number of aliphatic hydroxyl groups is 1. The van der Waals surface area contributed by atoms with Crippen molar-refractivity contribution in [3.8, 4) is 5.88 Å². The van der Waals surface area contributed by atoms with Crippen LogP contribution in [0.25, 0.3) is 0 Å². The van der Waals surface area contributed by atoms with Crippen LogP contribution in [0.5, 0.6) is 5.88 Å². The Kier molecular flexibility index (Phi) is 6.52. The van der Waals surface area contributed by atoms with Gasteiger partial charge in [-0.15, -0.1) is 5.10 Å². The Labute approximate surface area is 206 Å². The minimum atomic E-state index is -2.88. The third-order valence-corrected chi connectivity index (χ3v) is 10.2. The largest absolute Gasteiger partial charge is 0.474 e. The van der Waals surface area contributed by atoms with E-state index in [0.717, 1.165) is 25.7 Å². The van der Waals surface area contributed by atoms with E-state index in [0.29, 0.717) is 44.3 Å². The molecule has 0 amide bonds. The average Bonchev–Trinajstić information content (AvgIpc) is 3.38. The zero-order valence-electron chi connectivity index (χ0n) is 21.2. The minimum absolute atomic E-state index is 0.00435. The molecule has 0 aromatic carbocycles. The van der Waals surface area contributed by atoms with Crippen LogP contribution in [-0.2, 0) is 16.1 Å². The molecular formula is C27H40F2N2O4. The SMILES string of the molecule is COCCOc1ccn(CC(=O)[C@H]2CC[C@H]3[C@@H]4CC[C@@H]5C[C@](C)(O)CC[C@@H]5[C@H]4CC(F)(F)[C@]23C)n1. The molecule has 5 rings (SSSR count). The number of alkyl halides is 2. The molecule has 0 radical (unpaired) electrons. The van der Waals surface area contributed by atoms with Gasteiger partial charge in [0.25, 0.3) is 5.92 Å². The van der Waals surface area contributed by atoms with Gasteiger partial charge in [0, 0.05) is 37.1 Å². The second-order valence-electron chi connectivity index (χ2n) is 12.2. The summed E-state index contributed by atoms with van der Waals surface area (Å²) in [5, 5.41) is 14.9. The van der Waals surface area contributed by atoms with Gasteiger partial charge in [-0.25, -0.2) is 8.78 Å². The lowest BCUT2D eigenvalue weighted by Crippen LogP contribution is -2.59. The number of carbonyl (C=O) groups is 1. The highest BCUT2D eigenvalue weighted by Gasteiger charge is 2.70. The molecule has 0 aliphatic heterocycles. The van der Waals surface area contributed by atoms with Crippen LogP contribution in [-0.4, -0.2) is 52.5 Å². The molecule has 6 nitrogen and oxygen atoms in total. The molecule has 0 bridgehead atoms. The maximum Gasteiger partial charge on any atom is 0.254 e. The Morgan fingerprint density at radius 1 is 1.11 bits per heavy atom. The highest BCUT2D eigenvalue weighted by atomic mass is 19.3. The summed E-state index contributed by atoms with van der Waals surface area (Å²) in [5.74, 6) is -2.53. The summed E-state index contributed by atoms with van der Waals surface area (Å²) >= 11 is 0. The molecule has 0 spiro atoms. The minimum Gasteiger partial charge on any atom is -0.474 e. The Bertz CT molecular complexity index is 934. The van der Waals surface area contributed by atoms with E-state index in [1.807, 2.05) is 6.92 Å². The molecule has 0 unspecified atom stereocenters. The summed E-state index contributed by atoms with van der Waals surface area (Å²) in [6.45, 7) is 4.38. The quantitative estimate of drug-likeness (QED) is 0.554. The topological polar surface area (TPSA) is 73.6 Å². The summed E-state index contributed by atoms with van der Waals surface area (Å²) in [5.41, 5.74) is -1.96. The summed E-state index contributed by atoms with van der Waals surface area (Å²) in [7, 11) is 1.59. The second-order valence-corrected chi connectivity index (χ2v) is 12.2. The molecule has 1 aromatic heterocycles. The van der Waals surface area contributed by atoms with Gasteiger partial charge in [-0.2, -0.15) is 0 Å². The normalized spacial score (nSPS) is 42.1. The van der Waals surface area contributed by atoms with E-state index in [-0.39, 0.29) is 42.4 Å². The van der Waals surface area contributed by atoms with Gasteiger partial charge in [-0.1, -0.05) is 6.92 Å². The maximum atomic E-state index is 16.1. The van der Waals surface area contributed by atoms with Crippen molar-refractivity contribution in [2.75, 3.05) is 20.3 Å². The lowest BCUT2D eigenvalue weighted by atomic mass is 9.47. The van der Waals surface area contributed by atoms with Gasteiger partial charge in [0.05, 0.1) is 18.8 Å². The van der Waals surface area contributed by atoms with E-state index in [9.17, 15) is 9.90 Å². The van der Waals surface area contributed by atoms with E-state index in [4.69, 9.17) is 9.47 Å². The number of aromatic nitrogens is 2. The number of halogens is 2. The fraction of sp³-hybridized carbons (Fsp3) is 0.852. The summed E-state index contributed by atoms with van der Waals surface area (Å²) in [6, 6.07) is 1.68. The van der Waals surface area contributed by atoms with Gasteiger partial charge in [-0.3, -0.25) is 9.48 Å². The Balaban J connectivity index is 1.31. The molecule has 35 heavy (non-hydrogen) atoms. The molecule has 1 N–H and O–H groups in total. The van der Waals surface area contributed by atoms with Crippen LogP contribution in [0.2, 0.25) is 0 Å². The van der Waals surface area contributed by atoms with Crippen molar-refractivity contribution in [2.45, 2.75) is 83.3 Å². The standard InChI is InChI=1S/C27H40F2N2O4/c1-25(33)10-8-18-17(14-25)4-5-19-20(18)15-27(28,29)26(2)21(19)6-7-22(26)23(32)16-31-11-9-24(30-31)35-13-12-34-3/h9,11,17-22,33H,4-8,10,12-16H2,1-3H3/t17-,18+,19-,20-,21+,22-,25-,26+/m1/s1. The molecule has 8 heteroatoms. The number of methoxy groups -OCH3 is 1. The van der Waals surface area contributed by atoms with Crippen LogP contribution in [0, 0.1) is 40.9 Å². The third-order valence-electron chi connectivity index (χ3n) is 10.2. The van der Waals surface area contributed by atoms with E-state index in [2.05, 4.69) is 5.10 Å². The summed E-state index contributed by atoms with van der Waals surface area (Å²) in [6.07, 6.45) is 7.01. The first kappa shape index (κ1) is 25.1. The molecule has 4 fully saturated rings. The van der Waals surface area contributed by atoms with Gasteiger partial charge in [0.15, 0.2) is 5.78 Å². The highest BCUT2D eigenvalue weighted by Crippen LogP contribution is 2.69. The van der Waals surface area contributed by atoms with Crippen molar-refractivity contribution in [2.24, 2.45) is 40.9 Å². The second kappa shape index (κ2) is 9.09. The third kappa shape index (κ3) is 4.32. The first-order valence-corrected chi connectivity index (χ1v) is 13.3. The van der Waals surface area contributed by atoms with Crippen LogP contribution in [0.3, 0.4) is 0 Å². The lowest BCUT2D eigenvalue weighted by Gasteiger charge is -2.59. The van der Waals surface area contributed by atoms with Crippen molar-refractivity contribution in [3.63, 3.8) is 0 Å². The smallest absolute Gasteiger partial charge is 0.254 e. The Morgan fingerprint density at radius 3 is 2.69 bits per heavy atom. The number of ether oxygens (including phenoxy) is 2. The van der Waals surface area contributed by atoms with Crippen LogP contribution >= 0.6 is 0 Å². The highest BCUT2D eigenvalue weighted by molar-refractivity contribution is 5.82. The Hall–Kier alpha value is -1.54. The predicted octanol–water partition coefficient (Wildman–Crippen LogP) is 4.74. The molecular weight excluding hydrogens is 454 g/mol. The van der Waals surface area contributed by atoms with Crippen LogP contribution in [0.4, 0.5) is 8.78 Å². The number of hydrogen-bond donors (Lipinski definition) is 1. The first-order chi connectivity index (χ1) is 16.6. The van der Waals surface area contributed by atoms with E-state index >= 15 is 8.78 Å². The predicted molar refractivity (Wildman–Crippen MR) is 126 cm³/mol. The van der Waals surface area contributed by atoms with E-state index < -0.39 is 22.9 Å². The monoisotopic (exact) mass is 494 g/mol. The van der Waals surface area contributed by atoms with Crippen molar-refractivity contribution >= 4 is 5.78 Å². The molecule has 8 atom stereocenters.